The molecular formula is C14H22N2O3S. The summed E-state index contributed by atoms with van der Waals surface area (Å²) < 4.78 is 5.43. The van der Waals surface area contributed by atoms with Gasteiger partial charge in [0.25, 0.3) is 0 Å². The van der Waals surface area contributed by atoms with E-state index >= 15 is 0 Å². The molecule has 2 amide bonds. The van der Waals surface area contributed by atoms with E-state index in [1.165, 1.54) is 6.92 Å². The van der Waals surface area contributed by atoms with E-state index in [0.717, 1.165) is 17.3 Å². The van der Waals surface area contributed by atoms with Gasteiger partial charge in [0.05, 0.1) is 0 Å². The molecule has 0 aliphatic rings. The van der Waals surface area contributed by atoms with Crippen LogP contribution in [0.15, 0.2) is 16.5 Å². The molecule has 0 radical (unpaired) electrons. The minimum absolute atomic E-state index is 0.141. The van der Waals surface area contributed by atoms with Crippen molar-refractivity contribution in [2.24, 2.45) is 0 Å². The summed E-state index contributed by atoms with van der Waals surface area (Å²) in [6, 6.07) is 3.34. The van der Waals surface area contributed by atoms with Gasteiger partial charge >= 0.3 is 0 Å². The molecule has 1 heterocycles. The third kappa shape index (κ3) is 6.14. The number of furan rings is 1. The van der Waals surface area contributed by atoms with Crippen LogP contribution in [0.5, 0.6) is 0 Å². The van der Waals surface area contributed by atoms with E-state index in [9.17, 15) is 9.59 Å². The van der Waals surface area contributed by atoms with Crippen molar-refractivity contribution in [3.05, 3.63) is 23.7 Å². The van der Waals surface area contributed by atoms with Gasteiger partial charge in [0.1, 0.15) is 17.6 Å². The van der Waals surface area contributed by atoms with Gasteiger partial charge in [0.2, 0.25) is 11.8 Å². The predicted octanol–water partition coefficient (Wildman–Crippen LogP) is 1.50. The number of nitrogens with one attached hydrogen (secondary N) is 2. The van der Waals surface area contributed by atoms with E-state index in [1.807, 2.05) is 25.3 Å². The van der Waals surface area contributed by atoms with Crippen molar-refractivity contribution in [3.63, 3.8) is 0 Å². The van der Waals surface area contributed by atoms with Gasteiger partial charge < -0.3 is 15.1 Å². The fourth-order valence-electron chi connectivity index (χ4n) is 1.80. The first-order valence-electron chi connectivity index (χ1n) is 6.62. The lowest BCUT2D eigenvalue weighted by Gasteiger charge is -2.16. The van der Waals surface area contributed by atoms with Crippen LogP contribution in [-0.4, -0.2) is 36.4 Å². The van der Waals surface area contributed by atoms with Crippen LogP contribution < -0.4 is 10.6 Å². The van der Waals surface area contributed by atoms with Crippen LogP contribution in [-0.2, 0) is 16.0 Å². The van der Waals surface area contributed by atoms with Gasteiger partial charge in [-0.25, -0.2) is 0 Å². The van der Waals surface area contributed by atoms with Crippen molar-refractivity contribution in [1.82, 2.24) is 10.6 Å². The number of thioether (sulfide) groups is 1. The van der Waals surface area contributed by atoms with Crippen molar-refractivity contribution >= 4 is 23.6 Å². The number of carbonyl (C=O) groups is 2. The van der Waals surface area contributed by atoms with Crippen LogP contribution >= 0.6 is 11.8 Å². The zero-order valence-electron chi connectivity index (χ0n) is 12.2. The second kappa shape index (κ2) is 8.68. The summed E-state index contributed by atoms with van der Waals surface area (Å²) in [7, 11) is 0. The number of aryl methyl sites for hydroxylation is 1. The molecule has 20 heavy (non-hydrogen) atoms. The molecule has 2 N–H and O–H groups in total. The SMILES string of the molecule is CSCC[C@H](NC(C)=O)C(=O)NCCc1ccc(C)o1. The second-order valence-electron chi connectivity index (χ2n) is 4.59. The maximum atomic E-state index is 12.0. The maximum Gasteiger partial charge on any atom is 0.242 e. The number of hydrogen-bond acceptors (Lipinski definition) is 4. The Bertz CT molecular complexity index is 445. The molecule has 6 heteroatoms. The van der Waals surface area contributed by atoms with Gasteiger partial charge in [0.15, 0.2) is 0 Å². The topological polar surface area (TPSA) is 71.3 Å². The molecule has 0 saturated heterocycles. The number of hydrogen-bond donors (Lipinski definition) is 2. The molecule has 0 aromatic carbocycles. The second-order valence-corrected chi connectivity index (χ2v) is 5.57. The monoisotopic (exact) mass is 298 g/mol. The van der Waals surface area contributed by atoms with Gasteiger partial charge in [-0.1, -0.05) is 0 Å². The van der Waals surface area contributed by atoms with Gasteiger partial charge in [-0.05, 0) is 37.5 Å². The molecular weight excluding hydrogens is 276 g/mol. The van der Waals surface area contributed by atoms with Crippen LogP contribution in [0.3, 0.4) is 0 Å². The number of amides is 2. The molecule has 0 saturated carbocycles. The smallest absolute Gasteiger partial charge is 0.242 e. The molecule has 0 bridgehead atoms. The van der Waals surface area contributed by atoms with E-state index in [0.29, 0.717) is 19.4 Å². The lowest BCUT2D eigenvalue weighted by atomic mass is 10.2. The summed E-state index contributed by atoms with van der Waals surface area (Å²) >= 11 is 1.65. The number of rotatable bonds is 8. The van der Waals surface area contributed by atoms with Crippen molar-refractivity contribution in [2.75, 3.05) is 18.6 Å². The Kier molecular flexibility index (Phi) is 7.22. The third-order valence-electron chi connectivity index (χ3n) is 2.77. The van der Waals surface area contributed by atoms with Gasteiger partial charge in [0, 0.05) is 19.9 Å². The lowest BCUT2D eigenvalue weighted by molar-refractivity contribution is -0.128. The minimum Gasteiger partial charge on any atom is -0.466 e. The molecule has 112 valence electrons. The third-order valence-corrected chi connectivity index (χ3v) is 3.42. The van der Waals surface area contributed by atoms with E-state index in [1.54, 1.807) is 11.8 Å². The molecule has 1 aromatic heterocycles. The first-order valence-corrected chi connectivity index (χ1v) is 8.01. The van der Waals surface area contributed by atoms with E-state index in [-0.39, 0.29) is 11.8 Å². The van der Waals surface area contributed by atoms with Crippen LogP contribution in [0.1, 0.15) is 24.9 Å². The summed E-state index contributed by atoms with van der Waals surface area (Å²) in [6.45, 7) is 3.81. The fourth-order valence-corrected chi connectivity index (χ4v) is 2.27. The van der Waals surface area contributed by atoms with Crippen molar-refractivity contribution in [2.45, 2.75) is 32.7 Å². The highest BCUT2D eigenvalue weighted by atomic mass is 32.2. The fraction of sp³-hybridized carbons (Fsp3) is 0.571. The van der Waals surface area contributed by atoms with Gasteiger partial charge in [-0.15, -0.1) is 0 Å². The highest BCUT2D eigenvalue weighted by Gasteiger charge is 2.18. The summed E-state index contributed by atoms with van der Waals surface area (Å²) in [6.07, 6.45) is 3.25. The summed E-state index contributed by atoms with van der Waals surface area (Å²) in [5.74, 6) is 2.21. The average molecular weight is 298 g/mol. The molecule has 5 nitrogen and oxygen atoms in total. The Labute approximate surface area is 123 Å². The van der Waals surface area contributed by atoms with Crippen LogP contribution in [0, 0.1) is 6.92 Å². The predicted molar refractivity (Wildman–Crippen MR) is 80.8 cm³/mol. The van der Waals surface area contributed by atoms with E-state index in [2.05, 4.69) is 10.6 Å². The quantitative estimate of drug-likeness (QED) is 0.763. The highest BCUT2D eigenvalue weighted by Crippen LogP contribution is 2.06. The van der Waals surface area contributed by atoms with E-state index < -0.39 is 6.04 Å². The van der Waals surface area contributed by atoms with Crippen LogP contribution in [0.2, 0.25) is 0 Å². The maximum absolute atomic E-state index is 12.0. The van der Waals surface area contributed by atoms with Crippen LogP contribution in [0.25, 0.3) is 0 Å². The van der Waals surface area contributed by atoms with Crippen LogP contribution in [0.4, 0.5) is 0 Å². The Balaban J connectivity index is 2.38. The summed E-state index contributed by atoms with van der Waals surface area (Å²) in [5.41, 5.74) is 0. The summed E-state index contributed by atoms with van der Waals surface area (Å²) in [5, 5.41) is 5.51. The Hall–Kier alpha value is -1.43. The molecule has 0 aliphatic carbocycles. The molecule has 0 fully saturated rings. The molecule has 1 rings (SSSR count). The first kappa shape index (κ1) is 16.6. The first-order chi connectivity index (χ1) is 9.52. The minimum atomic E-state index is -0.460. The van der Waals surface area contributed by atoms with Crippen molar-refractivity contribution in [3.8, 4) is 0 Å². The standard InChI is InChI=1S/C14H22N2O3S/c1-10-4-5-12(19-10)6-8-15-14(18)13(7-9-20-3)16-11(2)17/h4-5,13H,6-9H2,1-3H3,(H,15,18)(H,16,17)/t13-/m0/s1. The molecule has 0 spiro atoms. The van der Waals surface area contributed by atoms with E-state index in [4.69, 9.17) is 4.42 Å². The normalized spacial score (nSPS) is 11.9. The Morgan fingerprint density at radius 1 is 1.40 bits per heavy atom. The Morgan fingerprint density at radius 2 is 2.15 bits per heavy atom. The van der Waals surface area contributed by atoms with Gasteiger partial charge in [-0.3, -0.25) is 9.59 Å². The van der Waals surface area contributed by atoms with Crippen molar-refractivity contribution in [1.29, 1.82) is 0 Å². The number of carbonyl (C=O) groups excluding carboxylic acids is 2. The lowest BCUT2D eigenvalue weighted by Crippen LogP contribution is -2.46. The Morgan fingerprint density at radius 3 is 2.70 bits per heavy atom. The zero-order chi connectivity index (χ0) is 15.0. The summed E-state index contributed by atoms with van der Waals surface area (Å²) in [4.78, 5) is 23.1. The average Bonchev–Trinajstić information content (AvgIpc) is 2.79. The largest absolute Gasteiger partial charge is 0.466 e. The molecule has 0 aliphatic heterocycles. The highest BCUT2D eigenvalue weighted by molar-refractivity contribution is 7.98. The molecule has 1 atom stereocenters. The van der Waals surface area contributed by atoms with Gasteiger partial charge in [-0.2, -0.15) is 11.8 Å². The van der Waals surface area contributed by atoms with Crippen molar-refractivity contribution < 1.29 is 14.0 Å². The molecule has 0 unspecified atom stereocenters. The molecule has 1 aromatic rings. The zero-order valence-corrected chi connectivity index (χ0v) is 13.0.